The summed E-state index contributed by atoms with van der Waals surface area (Å²) >= 11 is 1.71. The molecular weight excluding hydrogens is 272 g/mol. The van der Waals surface area contributed by atoms with Crippen LogP contribution in [0.1, 0.15) is 32.6 Å². The topological polar surface area (TPSA) is 80.9 Å². The number of carbonyl (C=O) groups is 1. The second kappa shape index (κ2) is 7.04. The molecule has 1 aromatic heterocycles. The van der Waals surface area contributed by atoms with Crippen molar-refractivity contribution in [2.45, 2.75) is 43.2 Å². The lowest BCUT2D eigenvalue weighted by Gasteiger charge is -2.33. The van der Waals surface area contributed by atoms with Crippen LogP contribution in [0.15, 0.2) is 23.6 Å². The van der Waals surface area contributed by atoms with E-state index in [0.29, 0.717) is 5.92 Å². The summed E-state index contributed by atoms with van der Waals surface area (Å²) in [5.74, 6) is 1.07. The van der Waals surface area contributed by atoms with Crippen LogP contribution in [0.3, 0.4) is 0 Å². The van der Waals surface area contributed by atoms with Crippen molar-refractivity contribution in [3.05, 3.63) is 18.6 Å². The van der Waals surface area contributed by atoms with Crippen molar-refractivity contribution in [2.75, 3.05) is 12.3 Å². The molecule has 5 nitrogen and oxygen atoms in total. The molecule has 1 heterocycles. The summed E-state index contributed by atoms with van der Waals surface area (Å²) in [6, 6.07) is 1.91. The predicted molar refractivity (Wildman–Crippen MR) is 80.3 cm³/mol. The van der Waals surface area contributed by atoms with Crippen molar-refractivity contribution >= 4 is 17.7 Å². The van der Waals surface area contributed by atoms with Crippen LogP contribution in [0.25, 0.3) is 0 Å². The van der Waals surface area contributed by atoms with Gasteiger partial charge in [-0.15, -0.1) is 11.8 Å². The van der Waals surface area contributed by atoms with E-state index in [2.05, 4.69) is 15.3 Å². The number of primary amides is 1. The van der Waals surface area contributed by atoms with Crippen LogP contribution >= 0.6 is 11.8 Å². The molecule has 2 unspecified atom stereocenters. The molecule has 0 aliphatic heterocycles. The number of carbonyl (C=O) groups excluding carboxylic acids is 1. The zero-order chi connectivity index (χ0) is 14.4. The molecule has 0 saturated heterocycles. The van der Waals surface area contributed by atoms with Gasteiger partial charge >= 0.3 is 0 Å². The molecule has 0 spiro atoms. The summed E-state index contributed by atoms with van der Waals surface area (Å²) in [4.78, 5) is 20.0. The lowest BCUT2D eigenvalue weighted by Crippen LogP contribution is -2.57. The summed E-state index contributed by atoms with van der Waals surface area (Å²) in [7, 11) is 0. The van der Waals surface area contributed by atoms with Gasteiger partial charge in [0, 0.05) is 6.20 Å². The number of amides is 1. The minimum atomic E-state index is -0.499. The molecule has 0 bridgehead atoms. The molecule has 1 fully saturated rings. The third-order valence-corrected chi connectivity index (χ3v) is 5.00. The van der Waals surface area contributed by atoms with Gasteiger partial charge in [0.25, 0.3) is 0 Å². The van der Waals surface area contributed by atoms with Crippen molar-refractivity contribution in [1.29, 1.82) is 0 Å². The van der Waals surface area contributed by atoms with E-state index in [0.717, 1.165) is 43.0 Å². The number of likely N-dealkylation sites (N-methyl/N-ethyl adjacent to an activating group) is 1. The Morgan fingerprint density at radius 1 is 1.65 bits per heavy atom. The Hall–Kier alpha value is -1.14. The van der Waals surface area contributed by atoms with Gasteiger partial charge in [-0.1, -0.05) is 13.3 Å². The lowest BCUT2D eigenvalue weighted by molar-refractivity contribution is -0.125. The summed E-state index contributed by atoms with van der Waals surface area (Å²) in [5, 5.41) is 4.32. The number of hydrogen-bond acceptors (Lipinski definition) is 5. The Kier molecular flexibility index (Phi) is 5.37. The van der Waals surface area contributed by atoms with E-state index in [1.807, 2.05) is 13.0 Å². The van der Waals surface area contributed by atoms with Crippen LogP contribution in [-0.4, -0.2) is 33.7 Å². The SMILES string of the molecule is CCNC1(C(N)=O)CCCC1CCSc1ccncn1. The molecule has 6 heteroatoms. The van der Waals surface area contributed by atoms with Crippen LogP contribution in [0.4, 0.5) is 0 Å². The van der Waals surface area contributed by atoms with Crippen LogP contribution in [0.2, 0.25) is 0 Å². The van der Waals surface area contributed by atoms with Crippen molar-refractivity contribution in [2.24, 2.45) is 11.7 Å². The first-order chi connectivity index (χ1) is 9.69. The highest BCUT2D eigenvalue weighted by Gasteiger charge is 2.46. The molecule has 0 aromatic carbocycles. The summed E-state index contributed by atoms with van der Waals surface area (Å²) in [5.41, 5.74) is 5.16. The van der Waals surface area contributed by atoms with Crippen molar-refractivity contribution < 1.29 is 4.79 Å². The van der Waals surface area contributed by atoms with E-state index >= 15 is 0 Å². The van der Waals surface area contributed by atoms with Gasteiger partial charge in [-0.25, -0.2) is 9.97 Å². The van der Waals surface area contributed by atoms with E-state index in [4.69, 9.17) is 5.73 Å². The van der Waals surface area contributed by atoms with E-state index in [1.165, 1.54) is 0 Å². The van der Waals surface area contributed by atoms with Gasteiger partial charge < -0.3 is 11.1 Å². The molecule has 110 valence electrons. The number of hydrogen-bond donors (Lipinski definition) is 2. The molecule has 1 aromatic rings. The monoisotopic (exact) mass is 294 g/mol. The highest BCUT2D eigenvalue weighted by molar-refractivity contribution is 7.99. The number of nitrogens with zero attached hydrogens (tertiary/aromatic N) is 2. The quantitative estimate of drug-likeness (QED) is 0.589. The maximum atomic E-state index is 11.9. The van der Waals surface area contributed by atoms with Gasteiger partial charge in [-0.3, -0.25) is 4.79 Å². The summed E-state index contributed by atoms with van der Waals surface area (Å²) in [6.45, 7) is 2.80. The molecule has 20 heavy (non-hydrogen) atoms. The number of nitrogens with one attached hydrogen (secondary N) is 1. The predicted octanol–water partition coefficient (Wildman–Crippen LogP) is 1.59. The number of aromatic nitrogens is 2. The minimum Gasteiger partial charge on any atom is -0.368 e. The second-order valence-electron chi connectivity index (χ2n) is 5.14. The Balaban J connectivity index is 1.92. The van der Waals surface area contributed by atoms with Crippen LogP contribution in [-0.2, 0) is 4.79 Å². The first-order valence-corrected chi connectivity index (χ1v) is 8.11. The molecule has 3 N–H and O–H groups in total. The van der Waals surface area contributed by atoms with Gasteiger partial charge in [-0.2, -0.15) is 0 Å². The summed E-state index contributed by atoms with van der Waals surface area (Å²) < 4.78 is 0. The molecule has 1 aliphatic rings. The third-order valence-electron chi connectivity index (χ3n) is 4.02. The number of thioether (sulfide) groups is 1. The van der Waals surface area contributed by atoms with E-state index < -0.39 is 5.54 Å². The van der Waals surface area contributed by atoms with Crippen LogP contribution in [0, 0.1) is 5.92 Å². The fourth-order valence-corrected chi connectivity index (χ4v) is 3.99. The fourth-order valence-electron chi connectivity index (χ4n) is 3.10. The maximum absolute atomic E-state index is 11.9. The van der Waals surface area contributed by atoms with Gasteiger partial charge in [0.1, 0.15) is 11.9 Å². The lowest BCUT2D eigenvalue weighted by atomic mass is 9.84. The molecule has 2 rings (SSSR count). The van der Waals surface area contributed by atoms with Gasteiger partial charge in [0.05, 0.1) is 5.03 Å². The van der Waals surface area contributed by atoms with Crippen LogP contribution < -0.4 is 11.1 Å². The Labute approximate surface area is 124 Å². The first-order valence-electron chi connectivity index (χ1n) is 7.13. The zero-order valence-electron chi connectivity index (χ0n) is 11.8. The minimum absolute atomic E-state index is 0.200. The standard InChI is InChI=1S/C14H22N4OS/c1-2-18-14(13(15)19)7-3-4-11(14)6-9-20-12-5-8-16-10-17-12/h5,8,10-11,18H,2-4,6-7,9H2,1H3,(H2,15,19). The number of nitrogens with two attached hydrogens (primary N) is 1. The molecule has 1 aliphatic carbocycles. The molecular formula is C14H22N4OS. The van der Waals surface area contributed by atoms with E-state index in [1.54, 1.807) is 24.3 Å². The largest absolute Gasteiger partial charge is 0.368 e. The number of rotatable bonds is 7. The molecule has 1 saturated carbocycles. The van der Waals surface area contributed by atoms with E-state index in [9.17, 15) is 4.79 Å². The highest BCUT2D eigenvalue weighted by Crippen LogP contribution is 2.38. The summed E-state index contributed by atoms with van der Waals surface area (Å²) in [6.07, 6.45) is 7.28. The normalized spacial score (nSPS) is 25.8. The smallest absolute Gasteiger partial charge is 0.238 e. The van der Waals surface area contributed by atoms with Crippen LogP contribution in [0.5, 0.6) is 0 Å². The average Bonchev–Trinajstić information content (AvgIpc) is 2.85. The Bertz CT molecular complexity index is 442. The Morgan fingerprint density at radius 3 is 3.15 bits per heavy atom. The fraction of sp³-hybridized carbons (Fsp3) is 0.643. The maximum Gasteiger partial charge on any atom is 0.238 e. The average molecular weight is 294 g/mol. The van der Waals surface area contributed by atoms with E-state index in [-0.39, 0.29) is 5.91 Å². The van der Waals surface area contributed by atoms with Crippen molar-refractivity contribution in [3.63, 3.8) is 0 Å². The third kappa shape index (κ3) is 3.30. The molecule has 1 amide bonds. The zero-order valence-corrected chi connectivity index (χ0v) is 12.7. The van der Waals surface area contributed by atoms with Gasteiger partial charge in [-0.05, 0) is 43.5 Å². The van der Waals surface area contributed by atoms with Gasteiger partial charge in [0.2, 0.25) is 5.91 Å². The molecule has 2 atom stereocenters. The van der Waals surface area contributed by atoms with Crippen molar-refractivity contribution in [1.82, 2.24) is 15.3 Å². The second-order valence-corrected chi connectivity index (χ2v) is 6.26. The Morgan fingerprint density at radius 2 is 2.50 bits per heavy atom. The van der Waals surface area contributed by atoms with Gasteiger partial charge in [0.15, 0.2) is 0 Å². The van der Waals surface area contributed by atoms with Crippen molar-refractivity contribution in [3.8, 4) is 0 Å². The molecule has 0 radical (unpaired) electrons. The highest BCUT2D eigenvalue weighted by atomic mass is 32.2. The first kappa shape index (κ1) is 15.3.